The van der Waals surface area contributed by atoms with Crippen LogP contribution >= 0.6 is 0 Å². The van der Waals surface area contributed by atoms with Crippen molar-refractivity contribution in [2.75, 3.05) is 6.61 Å². The lowest BCUT2D eigenvalue weighted by Crippen LogP contribution is -2.05. The molecular weight excluding hydrogens is 262 g/mol. The van der Waals surface area contributed by atoms with Crippen molar-refractivity contribution in [1.82, 2.24) is 0 Å². The fourth-order valence-corrected chi connectivity index (χ4v) is 1.71. The van der Waals surface area contributed by atoms with Gasteiger partial charge in [-0.2, -0.15) is 5.26 Å². The third-order valence-corrected chi connectivity index (χ3v) is 2.99. The maximum absolute atomic E-state index is 11.8. The van der Waals surface area contributed by atoms with Crippen LogP contribution in [-0.4, -0.2) is 12.6 Å². The highest BCUT2D eigenvalue weighted by molar-refractivity contribution is 5.89. The molecule has 0 N–H and O–H groups in total. The maximum atomic E-state index is 11.8. The first-order valence-electron chi connectivity index (χ1n) is 6.99. The van der Waals surface area contributed by atoms with E-state index in [-0.39, 0.29) is 12.6 Å². The molecule has 0 aliphatic rings. The van der Waals surface area contributed by atoms with E-state index in [0.717, 1.165) is 12.8 Å². The number of nitriles is 1. The summed E-state index contributed by atoms with van der Waals surface area (Å²) in [5.74, 6) is -0.368. The van der Waals surface area contributed by atoms with Gasteiger partial charge in [0.1, 0.15) is 6.61 Å². The predicted octanol–water partition coefficient (Wildman–Crippen LogP) is 4.41. The molecule has 0 bridgehead atoms. The molecule has 3 nitrogen and oxygen atoms in total. The Labute approximate surface area is 126 Å². The molecule has 0 fully saturated rings. The summed E-state index contributed by atoms with van der Waals surface area (Å²) in [7, 11) is 0. The zero-order valence-electron chi connectivity index (χ0n) is 12.8. The largest absolute Gasteiger partial charge is 0.458 e. The lowest BCUT2D eigenvalue weighted by molar-refractivity contribution is 0.0549. The molecule has 110 valence electrons. The summed E-state index contributed by atoms with van der Waals surface area (Å²) < 4.78 is 5.19. The van der Waals surface area contributed by atoms with Gasteiger partial charge in [0.15, 0.2) is 0 Å². The first-order chi connectivity index (χ1) is 10.0. The summed E-state index contributed by atoms with van der Waals surface area (Å²) in [4.78, 5) is 11.8. The summed E-state index contributed by atoms with van der Waals surface area (Å²) in [5.41, 5.74) is 3.52. The lowest BCUT2D eigenvalue weighted by atomic mass is 10.1. The molecule has 1 rings (SSSR count). The molecule has 0 saturated carbocycles. The van der Waals surface area contributed by atoms with E-state index in [4.69, 9.17) is 10.00 Å². The number of hydrogen-bond donors (Lipinski definition) is 0. The van der Waals surface area contributed by atoms with Crippen LogP contribution in [0.25, 0.3) is 0 Å². The van der Waals surface area contributed by atoms with Crippen LogP contribution in [0, 0.1) is 11.3 Å². The average Bonchev–Trinajstić information content (AvgIpc) is 2.46. The zero-order valence-corrected chi connectivity index (χ0v) is 12.8. The third kappa shape index (κ3) is 6.58. The number of hydrogen-bond acceptors (Lipinski definition) is 3. The Morgan fingerprint density at radius 1 is 1.19 bits per heavy atom. The zero-order chi connectivity index (χ0) is 15.7. The number of benzene rings is 1. The van der Waals surface area contributed by atoms with Crippen molar-refractivity contribution in [2.45, 2.75) is 33.6 Å². The van der Waals surface area contributed by atoms with Crippen LogP contribution in [0.4, 0.5) is 0 Å². The molecule has 0 radical (unpaired) electrons. The van der Waals surface area contributed by atoms with E-state index in [2.05, 4.69) is 19.9 Å². The molecule has 0 aliphatic heterocycles. The van der Waals surface area contributed by atoms with Crippen LogP contribution < -0.4 is 0 Å². The Morgan fingerprint density at radius 2 is 1.86 bits per heavy atom. The van der Waals surface area contributed by atoms with E-state index in [0.29, 0.717) is 11.1 Å². The number of carbonyl (C=O) groups is 1. The molecule has 1 aromatic rings. The molecule has 0 saturated heterocycles. The molecule has 0 heterocycles. The highest BCUT2D eigenvalue weighted by atomic mass is 16.5. The van der Waals surface area contributed by atoms with E-state index in [9.17, 15) is 4.79 Å². The van der Waals surface area contributed by atoms with Crippen LogP contribution in [0.5, 0.6) is 0 Å². The fourth-order valence-electron chi connectivity index (χ4n) is 1.71. The minimum atomic E-state index is -0.368. The highest BCUT2D eigenvalue weighted by Crippen LogP contribution is 2.08. The second kappa shape index (κ2) is 8.76. The van der Waals surface area contributed by atoms with Crippen molar-refractivity contribution >= 4 is 5.97 Å². The van der Waals surface area contributed by atoms with Crippen LogP contribution in [-0.2, 0) is 4.74 Å². The van der Waals surface area contributed by atoms with Gasteiger partial charge in [-0.3, -0.25) is 0 Å². The molecule has 0 aliphatic carbocycles. The van der Waals surface area contributed by atoms with E-state index in [1.807, 2.05) is 19.1 Å². The molecule has 0 aromatic heterocycles. The van der Waals surface area contributed by atoms with E-state index >= 15 is 0 Å². The second-order valence-corrected chi connectivity index (χ2v) is 5.16. The first kappa shape index (κ1) is 16.7. The van der Waals surface area contributed by atoms with Gasteiger partial charge in [0, 0.05) is 0 Å². The molecule has 0 amide bonds. The minimum Gasteiger partial charge on any atom is -0.458 e. The summed E-state index contributed by atoms with van der Waals surface area (Å²) in [6.07, 6.45) is 6.11. The molecule has 0 unspecified atom stereocenters. The van der Waals surface area contributed by atoms with Gasteiger partial charge in [-0.05, 0) is 64.0 Å². The van der Waals surface area contributed by atoms with Gasteiger partial charge in [-0.25, -0.2) is 4.79 Å². The van der Waals surface area contributed by atoms with Crippen molar-refractivity contribution in [3.8, 4) is 6.07 Å². The predicted molar refractivity (Wildman–Crippen MR) is 83.9 cm³/mol. The molecule has 3 heteroatoms. The van der Waals surface area contributed by atoms with Crippen LogP contribution in [0.2, 0.25) is 0 Å². The quantitative estimate of drug-likeness (QED) is 0.574. The van der Waals surface area contributed by atoms with Crippen molar-refractivity contribution in [1.29, 1.82) is 5.26 Å². The van der Waals surface area contributed by atoms with Crippen LogP contribution in [0.1, 0.15) is 49.5 Å². The van der Waals surface area contributed by atoms with Gasteiger partial charge >= 0.3 is 5.97 Å². The van der Waals surface area contributed by atoms with Crippen molar-refractivity contribution in [3.05, 3.63) is 58.7 Å². The number of esters is 1. The van der Waals surface area contributed by atoms with Crippen LogP contribution in [0.3, 0.4) is 0 Å². The normalized spacial score (nSPS) is 10.7. The Morgan fingerprint density at radius 3 is 2.43 bits per heavy atom. The lowest BCUT2D eigenvalue weighted by Gasteiger charge is -2.03. The van der Waals surface area contributed by atoms with E-state index < -0.39 is 0 Å². The number of nitrogens with zero attached hydrogens (tertiary/aromatic N) is 1. The van der Waals surface area contributed by atoms with E-state index in [1.54, 1.807) is 24.3 Å². The highest BCUT2D eigenvalue weighted by Gasteiger charge is 2.05. The maximum Gasteiger partial charge on any atom is 0.338 e. The van der Waals surface area contributed by atoms with Gasteiger partial charge < -0.3 is 4.74 Å². The number of allylic oxidation sites excluding steroid dienone is 3. The average molecular weight is 283 g/mol. The number of rotatable bonds is 6. The summed E-state index contributed by atoms with van der Waals surface area (Å²) in [6.45, 7) is 6.48. The Kier molecular flexibility index (Phi) is 6.97. The monoisotopic (exact) mass is 283 g/mol. The van der Waals surface area contributed by atoms with Gasteiger partial charge in [0.05, 0.1) is 17.2 Å². The molecular formula is C18H21NO2. The van der Waals surface area contributed by atoms with Gasteiger partial charge in [-0.1, -0.05) is 17.2 Å². The first-order valence-corrected chi connectivity index (χ1v) is 6.99. The molecule has 0 atom stereocenters. The van der Waals surface area contributed by atoms with Gasteiger partial charge in [-0.15, -0.1) is 0 Å². The van der Waals surface area contributed by atoms with Crippen molar-refractivity contribution in [3.63, 3.8) is 0 Å². The summed E-state index contributed by atoms with van der Waals surface area (Å²) in [5, 5.41) is 8.70. The number of carbonyl (C=O) groups excluding carboxylic acids is 1. The Hall–Kier alpha value is -2.34. The smallest absolute Gasteiger partial charge is 0.338 e. The van der Waals surface area contributed by atoms with Gasteiger partial charge in [0.25, 0.3) is 0 Å². The Bertz CT molecular complexity index is 570. The standard InChI is InChI=1S/C18H21NO2/c1-14(2)5-4-6-15(3)11-12-21-18(20)17-9-7-16(13-19)8-10-17/h5,7-11H,4,6,12H2,1-3H3/b15-11-. The third-order valence-electron chi connectivity index (χ3n) is 2.99. The summed E-state index contributed by atoms with van der Waals surface area (Å²) >= 11 is 0. The topological polar surface area (TPSA) is 50.1 Å². The SMILES string of the molecule is CC(C)=CCC/C(C)=C\COC(=O)c1ccc(C#N)cc1. The molecule has 0 spiro atoms. The fraction of sp³-hybridized carbons (Fsp3) is 0.333. The van der Waals surface area contributed by atoms with E-state index in [1.165, 1.54) is 11.1 Å². The Balaban J connectivity index is 2.42. The summed E-state index contributed by atoms with van der Waals surface area (Å²) in [6, 6.07) is 8.44. The molecule has 1 aromatic carbocycles. The number of ether oxygens (including phenoxy) is 1. The molecule has 21 heavy (non-hydrogen) atoms. The van der Waals surface area contributed by atoms with Crippen LogP contribution in [0.15, 0.2) is 47.6 Å². The minimum absolute atomic E-state index is 0.277. The van der Waals surface area contributed by atoms with Gasteiger partial charge in [0.2, 0.25) is 0 Å². The van der Waals surface area contributed by atoms with Crippen molar-refractivity contribution < 1.29 is 9.53 Å². The van der Waals surface area contributed by atoms with Crippen molar-refractivity contribution in [2.24, 2.45) is 0 Å². The second-order valence-electron chi connectivity index (χ2n) is 5.16.